The first kappa shape index (κ1) is 11.7. The molecule has 0 heterocycles. The van der Waals surface area contributed by atoms with E-state index in [0.717, 1.165) is 12.3 Å². The molecule has 0 aromatic carbocycles. The van der Waals surface area contributed by atoms with E-state index >= 15 is 0 Å². The molecule has 90 valence electrons. The Balaban J connectivity index is 0.00000144. The summed E-state index contributed by atoms with van der Waals surface area (Å²) in [6.45, 7) is 17.8. The molecule has 0 N–H and O–H groups in total. The molecular formula is C16H26. The van der Waals surface area contributed by atoms with Crippen molar-refractivity contribution in [1.82, 2.24) is 0 Å². The molecule has 1 fully saturated rings. The SMILES string of the molecule is C=C1CCC2C(C)(C)C(=C)C(C)=C[C@]2(C)C1.[HH]. The third kappa shape index (κ3) is 1.50. The van der Waals surface area contributed by atoms with Crippen molar-refractivity contribution in [2.75, 3.05) is 0 Å². The van der Waals surface area contributed by atoms with E-state index in [1.165, 1.54) is 29.6 Å². The first-order valence-corrected chi connectivity index (χ1v) is 6.33. The molecule has 2 aliphatic rings. The zero-order chi connectivity index (χ0) is 12.1. The Morgan fingerprint density at radius 1 is 1.31 bits per heavy atom. The Labute approximate surface area is 102 Å². The number of allylic oxidation sites excluding steroid dienone is 4. The first-order valence-electron chi connectivity index (χ1n) is 6.33. The number of rotatable bonds is 0. The molecule has 0 heteroatoms. The van der Waals surface area contributed by atoms with Crippen LogP contribution >= 0.6 is 0 Å². The van der Waals surface area contributed by atoms with Gasteiger partial charge in [0.15, 0.2) is 0 Å². The van der Waals surface area contributed by atoms with Crippen molar-refractivity contribution in [2.24, 2.45) is 16.7 Å². The molecular weight excluding hydrogens is 192 g/mol. The van der Waals surface area contributed by atoms with E-state index in [1.807, 2.05) is 0 Å². The molecule has 0 aliphatic heterocycles. The zero-order valence-electron chi connectivity index (χ0n) is 11.2. The molecule has 0 bridgehead atoms. The average molecular weight is 218 g/mol. The molecule has 0 radical (unpaired) electrons. The number of hydrogen-bond acceptors (Lipinski definition) is 0. The van der Waals surface area contributed by atoms with E-state index in [0.29, 0.717) is 5.41 Å². The molecule has 2 atom stereocenters. The van der Waals surface area contributed by atoms with Crippen LogP contribution in [0.15, 0.2) is 36.0 Å². The normalized spacial score (nSPS) is 38.0. The zero-order valence-corrected chi connectivity index (χ0v) is 11.2. The fourth-order valence-corrected chi connectivity index (χ4v) is 4.07. The van der Waals surface area contributed by atoms with Crippen molar-refractivity contribution in [3.8, 4) is 0 Å². The molecule has 2 aliphatic carbocycles. The highest BCUT2D eigenvalue weighted by Crippen LogP contribution is 2.58. The first-order chi connectivity index (χ1) is 7.27. The van der Waals surface area contributed by atoms with Crippen molar-refractivity contribution < 1.29 is 1.43 Å². The summed E-state index contributed by atoms with van der Waals surface area (Å²) in [6.07, 6.45) is 6.08. The summed E-state index contributed by atoms with van der Waals surface area (Å²) >= 11 is 0. The van der Waals surface area contributed by atoms with E-state index in [4.69, 9.17) is 0 Å². The number of hydrogen-bond donors (Lipinski definition) is 0. The quantitative estimate of drug-likeness (QED) is 0.494. The smallest absolute Gasteiger partial charge is 0 e. The van der Waals surface area contributed by atoms with Gasteiger partial charge in [-0.1, -0.05) is 51.2 Å². The highest BCUT2D eigenvalue weighted by atomic mass is 14.5. The molecule has 0 amide bonds. The lowest BCUT2D eigenvalue weighted by atomic mass is 9.51. The van der Waals surface area contributed by atoms with Crippen LogP contribution in [0.2, 0.25) is 0 Å². The predicted molar refractivity (Wildman–Crippen MR) is 73.4 cm³/mol. The van der Waals surface area contributed by atoms with Gasteiger partial charge < -0.3 is 0 Å². The monoisotopic (exact) mass is 218 g/mol. The van der Waals surface area contributed by atoms with Crippen LogP contribution in [-0.2, 0) is 0 Å². The lowest BCUT2D eigenvalue weighted by molar-refractivity contribution is 0.0876. The molecule has 0 nitrogen and oxygen atoms in total. The van der Waals surface area contributed by atoms with Gasteiger partial charge in [0.1, 0.15) is 0 Å². The second-order valence-electron chi connectivity index (χ2n) is 6.55. The van der Waals surface area contributed by atoms with Gasteiger partial charge in [0.25, 0.3) is 0 Å². The molecule has 0 aromatic heterocycles. The Kier molecular flexibility index (Phi) is 2.45. The lowest BCUT2D eigenvalue weighted by Crippen LogP contribution is -2.44. The molecule has 1 saturated carbocycles. The summed E-state index contributed by atoms with van der Waals surface area (Å²) in [5.74, 6) is 0.724. The molecule has 0 spiro atoms. The van der Waals surface area contributed by atoms with Gasteiger partial charge in [-0.25, -0.2) is 0 Å². The Morgan fingerprint density at radius 3 is 2.56 bits per heavy atom. The van der Waals surface area contributed by atoms with E-state index in [9.17, 15) is 0 Å². The van der Waals surface area contributed by atoms with Crippen LogP contribution in [0, 0.1) is 16.7 Å². The van der Waals surface area contributed by atoms with Crippen LogP contribution in [-0.4, -0.2) is 0 Å². The Hall–Kier alpha value is -0.780. The third-order valence-corrected chi connectivity index (χ3v) is 4.88. The van der Waals surface area contributed by atoms with Crippen LogP contribution in [0.3, 0.4) is 0 Å². The minimum Gasteiger partial charge on any atom is -0.0998 e. The standard InChI is InChI=1S/C16H24.H2/c1-11-7-8-14-15(4,5)13(3)12(2)10-16(14,6)9-11;/h10,14H,1,3,7-9H2,2,4-6H3;1H/t14?,16-;/m0./s1. The number of fused-ring (bicyclic) bond motifs is 1. The summed E-state index contributed by atoms with van der Waals surface area (Å²) in [4.78, 5) is 0. The maximum atomic E-state index is 4.30. The Morgan fingerprint density at radius 2 is 1.94 bits per heavy atom. The van der Waals surface area contributed by atoms with Crippen molar-refractivity contribution in [1.29, 1.82) is 0 Å². The highest BCUT2D eigenvalue weighted by molar-refractivity contribution is 5.40. The van der Waals surface area contributed by atoms with E-state index < -0.39 is 0 Å². The maximum Gasteiger partial charge on any atom is 0 e. The van der Waals surface area contributed by atoms with Crippen LogP contribution < -0.4 is 0 Å². The van der Waals surface area contributed by atoms with Gasteiger partial charge in [0.05, 0.1) is 0 Å². The van der Waals surface area contributed by atoms with Gasteiger partial charge in [-0.15, -0.1) is 0 Å². The predicted octanol–water partition coefficient (Wildman–Crippen LogP) is 5.14. The largest absolute Gasteiger partial charge is 0.0998 e. The van der Waals surface area contributed by atoms with Gasteiger partial charge in [0.2, 0.25) is 0 Å². The van der Waals surface area contributed by atoms with Gasteiger partial charge in [-0.3, -0.25) is 0 Å². The summed E-state index contributed by atoms with van der Waals surface area (Å²) in [5.41, 5.74) is 4.70. The summed E-state index contributed by atoms with van der Waals surface area (Å²) in [5, 5.41) is 0. The van der Waals surface area contributed by atoms with Crippen LogP contribution in [0.1, 0.15) is 48.4 Å². The lowest BCUT2D eigenvalue weighted by Gasteiger charge is -2.53. The summed E-state index contributed by atoms with van der Waals surface area (Å²) < 4.78 is 0. The van der Waals surface area contributed by atoms with Gasteiger partial charge in [0, 0.05) is 1.43 Å². The summed E-state index contributed by atoms with van der Waals surface area (Å²) in [6, 6.07) is 0. The second kappa shape index (κ2) is 3.35. The minimum atomic E-state index is 0. The second-order valence-corrected chi connectivity index (χ2v) is 6.55. The van der Waals surface area contributed by atoms with Gasteiger partial charge >= 0.3 is 0 Å². The fourth-order valence-electron chi connectivity index (χ4n) is 4.07. The van der Waals surface area contributed by atoms with Crippen molar-refractivity contribution in [2.45, 2.75) is 47.0 Å². The molecule has 2 rings (SSSR count). The third-order valence-electron chi connectivity index (χ3n) is 4.88. The van der Waals surface area contributed by atoms with Crippen molar-refractivity contribution in [3.05, 3.63) is 36.0 Å². The van der Waals surface area contributed by atoms with Crippen molar-refractivity contribution in [3.63, 3.8) is 0 Å². The average Bonchev–Trinajstić information content (AvgIpc) is 2.13. The van der Waals surface area contributed by atoms with Crippen LogP contribution in [0.5, 0.6) is 0 Å². The molecule has 0 saturated heterocycles. The van der Waals surface area contributed by atoms with Crippen LogP contribution in [0.4, 0.5) is 0 Å². The van der Waals surface area contributed by atoms with E-state index in [2.05, 4.69) is 46.9 Å². The van der Waals surface area contributed by atoms with Crippen molar-refractivity contribution >= 4 is 0 Å². The minimum absolute atomic E-state index is 0. The molecule has 0 aromatic rings. The van der Waals surface area contributed by atoms with Gasteiger partial charge in [-0.2, -0.15) is 0 Å². The molecule has 1 unspecified atom stereocenters. The van der Waals surface area contributed by atoms with Gasteiger partial charge in [-0.05, 0) is 48.5 Å². The topological polar surface area (TPSA) is 0 Å². The fraction of sp³-hybridized carbons (Fsp3) is 0.625. The summed E-state index contributed by atoms with van der Waals surface area (Å²) in [7, 11) is 0. The molecule has 16 heavy (non-hydrogen) atoms. The van der Waals surface area contributed by atoms with E-state index in [-0.39, 0.29) is 6.84 Å². The van der Waals surface area contributed by atoms with Crippen LogP contribution in [0.25, 0.3) is 0 Å². The van der Waals surface area contributed by atoms with E-state index in [1.54, 1.807) is 0 Å². The Bertz CT molecular complexity index is 386. The maximum absolute atomic E-state index is 4.30. The highest BCUT2D eigenvalue weighted by Gasteiger charge is 2.48.